The monoisotopic (exact) mass is 338 g/mol. The Balaban J connectivity index is 0.00000400. The van der Waals surface area contributed by atoms with Crippen molar-refractivity contribution in [2.45, 2.75) is 25.2 Å². The van der Waals surface area contributed by atoms with E-state index in [9.17, 15) is 8.42 Å². The molecule has 0 spiro atoms. The van der Waals surface area contributed by atoms with Gasteiger partial charge in [0, 0.05) is 12.6 Å². The fourth-order valence-electron chi connectivity index (χ4n) is 1.59. The van der Waals surface area contributed by atoms with E-state index in [1.807, 2.05) is 13.8 Å². The van der Waals surface area contributed by atoms with Crippen LogP contribution in [0.2, 0.25) is 0 Å². The molecule has 1 rings (SSSR count). The first-order valence-electron chi connectivity index (χ1n) is 6.64. The largest absolute Gasteiger partial charge is 0.490 e. The van der Waals surface area contributed by atoms with Crippen LogP contribution in [0.15, 0.2) is 23.1 Å². The summed E-state index contributed by atoms with van der Waals surface area (Å²) in [6.07, 6.45) is 0.592. The molecule has 0 radical (unpaired) electrons. The average Bonchev–Trinajstić information content (AvgIpc) is 2.41. The molecular weight excluding hydrogens is 316 g/mol. The highest BCUT2D eigenvalue weighted by Gasteiger charge is 2.16. The molecule has 3 N–H and O–H groups in total. The van der Waals surface area contributed by atoms with Crippen LogP contribution in [0.25, 0.3) is 0 Å². The Morgan fingerprint density at radius 1 is 1.14 bits per heavy atom. The third-order valence-corrected chi connectivity index (χ3v) is 3.96. The standard InChI is InChI=1S/C13H22N2O4S.ClH/c1-3-18-12-7-6-11(10-13(12)19-4-2)20(16,17)15-9-5-8-14;/h6-7,10,15H,3-5,8-9,14H2,1-2H3;1H. The van der Waals surface area contributed by atoms with Crippen LogP contribution in [-0.2, 0) is 10.0 Å². The molecule has 0 aromatic heterocycles. The minimum Gasteiger partial charge on any atom is -0.490 e. The van der Waals surface area contributed by atoms with Gasteiger partial charge in [0.15, 0.2) is 11.5 Å². The van der Waals surface area contributed by atoms with Crippen molar-refractivity contribution in [1.82, 2.24) is 4.72 Å². The summed E-state index contributed by atoms with van der Waals surface area (Å²) in [5.41, 5.74) is 5.34. The summed E-state index contributed by atoms with van der Waals surface area (Å²) in [6.45, 7) is 5.36. The molecule has 122 valence electrons. The predicted molar refractivity (Wildman–Crippen MR) is 84.9 cm³/mol. The Morgan fingerprint density at radius 3 is 2.33 bits per heavy atom. The van der Waals surface area contributed by atoms with Crippen molar-refractivity contribution >= 4 is 22.4 Å². The summed E-state index contributed by atoms with van der Waals surface area (Å²) in [5.74, 6) is 0.964. The maximum atomic E-state index is 12.1. The number of rotatable bonds is 9. The van der Waals surface area contributed by atoms with Crippen LogP contribution >= 0.6 is 12.4 Å². The summed E-state index contributed by atoms with van der Waals surface area (Å²) in [7, 11) is -3.55. The van der Waals surface area contributed by atoms with Crippen LogP contribution in [0.1, 0.15) is 20.3 Å². The number of hydrogen-bond acceptors (Lipinski definition) is 5. The van der Waals surface area contributed by atoms with E-state index < -0.39 is 10.0 Å². The number of ether oxygens (including phenoxy) is 2. The van der Waals surface area contributed by atoms with Crippen LogP contribution in [0.5, 0.6) is 11.5 Å². The summed E-state index contributed by atoms with van der Waals surface area (Å²) >= 11 is 0. The molecule has 1 aromatic carbocycles. The molecule has 0 aliphatic heterocycles. The summed E-state index contributed by atoms with van der Waals surface area (Å²) in [4.78, 5) is 0.154. The molecule has 0 unspecified atom stereocenters. The highest BCUT2D eigenvalue weighted by atomic mass is 35.5. The Morgan fingerprint density at radius 2 is 1.76 bits per heavy atom. The van der Waals surface area contributed by atoms with E-state index in [1.54, 1.807) is 6.07 Å². The van der Waals surface area contributed by atoms with E-state index in [0.29, 0.717) is 44.2 Å². The zero-order chi connectivity index (χ0) is 15.0. The Bertz CT molecular complexity index is 523. The van der Waals surface area contributed by atoms with Gasteiger partial charge >= 0.3 is 0 Å². The van der Waals surface area contributed by atoms with E-state index in [1.165, 1.54) is 12.1 Å². The molecule has 8 heteroatoms. The fraction of sp³-hybridized carbons (Fsp3) is 0.538. The van der Waals surface area contributed by atoms with Gasteiger partial charge in [-0.05, 0) is 38.9 Å². The van der Waals surface area contributed by atoms with Crippen molar-refractivity contribution < 1.29 is 17.9 Å². The van der Waals surface area contributed by atoms with Crippen molar-refractivity contribution in [3.05, 3.63) is 18.2 Å². The average molecular weight is 339 g/mol. The van der Waals surface area contributed by atoms with Gasteiger partial charge in [-0.25, -0.2) is 13.1 Å². The number of sulfonamides is 1. The molecule has 6 nitrogen and oxygen atoms in total. The maximum Gasteiger partial charge on any atom is 0.240 e. The fourth-order valence-corrected chi connectivity index (χ4v) is 2.68. The van der Waals surface area contributed by atoms with Gasteiger partial charge in [-0.15, -0.1) is 12.4 Å². The van der Waals surface area contributed by atoms with Crippen molar-refractivity contribution in [2.24, 2.45) is 5.73 Å². The number of nitrogens with two attached hydrogens (primary N) is 1. The van der Waals surface area contributed by atoms with Crippen LogP contribution in [0, 0.1) is 0 Å². The molecule has 0 aliphatic rings. The van der Waals surface area contributed by atoms with Gasteiger partial charge in [0.1, 0.15) is 0 Å². The maximum absolute atomic E-state index is 12.1. The minimum atomic E-state index is -3.55. The molecule has 0 amide bonds. The van der Waals surface area contributed by atoms with Crippen molar-refractivity contribution in [3.63, 3.8) is 0 Å². The zero-order valence-electron chi connectivity index (χ0n) is 12.3. The zero-order valence-corrected chi connectivity index (χ0v) is 13.9. The molecule has 0 heterocycles. The normalized spacial score (nSPS) is 10.8. The lowest BCUT2D eigenvalue weighted by molar-refractivity contribution is 0.287. The van der Waals surface area contributed by atoms with Crippen LogP contribution < -0.4 is 19.9 Å². The van der Waals surface area contributed by atoms with E-state index in [2.05, 4.69) is 4.72 Å². The van der Waals surface area contributed by atoms with Crippen LogP contribution in [0.4, 0.5) is 0 Å². The molecule has 0 saturated carbocycles. The SMILES string of the molecule is CCOc1ccc(S(=O)(=O)NCCCN)cc1OCC.Cl. The number of hydrogen-bond donors (Lipinski definition) is 2. The lowest BCUT2D eigenvalue weighted by atomic mass is 10.3. The predicted octanol–water partition coefficient (Wildman–Crippen LogP) is 1.53. The Kier molecular flexibility index (Phi) is 9.36. The molecule has 0 saturated heterocycles. The first-order chi connectivity index (χ1) is 9.55. The molecule has 0 atom stereocenters. The Hall–Kier alpha value is -1.02. The molecular formula is C13H23ClN2O4S. The van der Waals surface area contributed by atoms with Crippen molar-refractivity contribution in [3.8, 4) is 11.5 Å². The van der Waals surface area contributed by atoms with E-state index in [0.717, 1.165) is 0 Å². The van der Waals surface area contributed by atoms with Gasteiger partial charge in [0.05, 0.1) is 18.1 Å². The minimum absolute atomic E-state index is 0. The third kappa shape index (κ3) is 6.09. The Labute approximate surface area is 132 Å². The van der Waals surface area contributed by atoms with Gasteiger partial charge in [0.25, 0.3) is 0 Å². The van der Waals surface area contributed by atoms with Gasteiger partial charge < -0.3 is 15.2 Å². The topological polar surface area (TPSA) is 90.7 Å². The van der Waals surface area contributed by atoms with Gasteiger partial charge in [-0.2, -0.15) is 0 Å². The lowest BCUT2D eigenvalue weighted by Gasteiger charge is -2.13. The number of halogens is 1. The summed E-state index contributed by atoms with van der Waals surface area (Å²) in [6, 6.07) is 4.57. The molecule has 0 bridgehead atoms. The van der Waals surface area contributed by atoms with Crippen LogP contribution in [0.3, 0.4) is 0 Å². The number of benzene rings is 1. The van der Waals surface area contributed by atoms with Crippen molar-refractivity contribution in [1.29, 1.82) is 0 Å². The molecule has 1 aromatic rings. The molecule has 21 heavy (non-hydrogen) atoms. The second kappa shape index (κ2) is 9.83. The molecule has 0 aliphatic carbocycles. The van der Waals surface area contributed by atoms with Gasteiger partial charge in [0.2, 0.25) is 10.0 Å². The third-order valence-electron chi connectivity index (χ3n) is 2.50. The van der Waals surface area contributed by atoms with E-state index >= 15 is 0 Å². The highest BCUT2D eigenvalue weighted by molar-refractivity contribution is 7.89. The summed E-state index contributed by atoms with van der Waals surface area (Å²) < 4.78 is 37.5. The van der Waals surface area contributed by atoms with Gasteiger partial charge in [-0.3, -0.25) is 0 Å². The van der Waals surface area contributed by atoms with E-state index in [4.69, 9.17) is 15.2 Å². The van der Waals surface area contributed by atoms with Crippen molar-refractivity contribution in [2.75, 3.05) is 26.3 Å². The second-order valence-corrected chi connectivity index (χ2v) is 5.78. The number of nitrogens with one attached hydrogen (secondary N) is 1. The second-order valence-electron chi connectivity index (χ2n) is 4.01. The summed E-state index contributed by atoms with van der Waals surface area (Å²) in [5, 5.41) is 0. The first kappa shape index (κ1) is 20.0. The smallest absolute Gasteiger partial charge is 0.240 e. The quantitative estimate of drug-likeness (QED) is 0.666. The van der Waals surface area contributed by atoms with Gasteiger partial charge in [-0.1, -0.05) is 0 Å². The first-order valence-corrected chi connectivity index (χ1v) is 8.12. The lowest BCUT2D eigenvalue weighted by Crippen LogP contribution is -2.26. The highest BCUT2D eigenvalue weighted by Crippen LogP contribution is 2.30. The molecule has 0 fully saturated rings. The van der Waals surface area contributed by atoms with E-state index in [-0.39, 0.29) is 17.3 Å². The van der Waals surface area contributed by atoms with Crippen LogP contribution in [-0.4, -0.2) is 34.7 Å².